The normalized spacial score (nSPS) is 17.3. The summed E-state index contributed by atoms with van der Waals surface area (Å²) in [5.41, 5.74) is 2.41. The number of nitrogens with zero attached hydrogens (tertiary/aromatic N) is 4. The lowest BCUT2D eigenvalue weighted by Gasteiger charge is -2.41. The Morgan fingerprint density at radius 2 is 2.00 bits per heavy atom. The molecule has 6 heteroatoms. The highest BCUT2D eigenvalue weighted by Crippen LogP contribution is 2.30. The van der Waals surface area contributed by atoms with Crippen LogP contribution >= 0.6 is 0 Å². The van der Waals surface area contributed by atoms with Crippen molar-refractivity contribution in [2.24, 2.45) is 0 Å². The molecular weight excluding hydrogens is 340 g/mol. The summed E-state index contributed by atoms with van der Waals surface area (Å²) < 4.78 is 5.48. The van der Waals surface area contributed by atoms with E-state index in [4.69, 9.17) is 4.74 Å². The minimum absolute atomic E-state index is 0.00924. The number of benzene rings is 1. The van der Waals surface area contributed by atoms with Crippen molar-refractivity contribution < 1.29 is 9.53 Å². The zero-order valence-corrected chi connectivity index (χ0v) is 16.8. The number of hydrogen-bond donors (Lipinski definition) is 0. The lowest BCUT2D eigenvalue weighted by molar-refractivity contribution is 0.0672. The highest BCUT2D eigenvalue weighted by Gasteiger charge is 2.30. The van der Waals surface area contributed by atoms with E-state index >= 15 is 0 Å². The summed E-state index contributed by atoms with van der Waals surface area (Å²) in [4.78, 5) is 26.2. The van der Waals surface area contributed by atoms with Gasteiger partial charge in [-0.25, -0.2) is 9.97 Å². The zero-order chi connectivity index (χ0) is 19.6. The van der Waals surface area contributed by atoms with E-state index in [1.54, 1.807) is 13.3 Å². The topological polar surface area (TPSA) is 58.6 Å². The second kappa shape index (κ2) is 7.94. The standard InChI is InChI=1S/C21H28N4O2/c1-14(2)20-22-12-17(16(4)23-20)21(26)25-11-10-24(13-15(25)3)18-8-6-7-9-19(18)27-5/h6-9,12,14-15H,10-11,13H2,1-5H3/t15-/m0/s1. The molecule has 1 aromatic heterocycles. The van der Waals surface area contributed by atoms with Crippen molar-refractivity contribution in [1.29, 1.82) is 0 Å². The van der Waals surface area contributed by atoms with Crippen LogP contribution in [0.3, 0.4) is 0 Å². The predicted molar refractivity (Wildman–Crippen MR) is 107 cm³/mol. The highest BCUT2D eigenvalue weighted by molar-refractivity contribution is 5.95. The average Bonchev–Trinajstić information content (AvgIpc) is 2.67. The molecule has 0 bridgehead atoms. The Bertz CT molecular complexity index is 822. The lowest BCUT2D eigenvalue weighted by Crippen LogP contribution is -2.54. The number of para-hydroxylation sites is 2. The first-order valence-corrected chi connectivity index (χ1v) is 9.44. The Labute approximate surface area is 161 Å². The number of anilines is 1. The molecule has 0 spiro atoms. The molecule has 2 heterocycles. The van der Waals surface area contributed by atoms with E-state index in [0.29, 0.717) is 12.1 Å². The quantitative estimate of drug-likeness (QED) is 0.829. The maximum absolute atomic E-state index is 13.1. The molecule has 0 aliphatic carbocycles. The second-order valence-electron chi connectivity index (χ2n) is 7.35. The summed E-state index contributed by atoms with van der Waals surface area (Å²) in [7, 11) is 1.69. The van der Waals surface area contributed by atoms with Gasteiger partial charge in [-0.05, 0) is 26.0 Å². The Morgan fingerprint density at radius 3 is 2.63 bits per heavy atom. The molecule has 1 atom stereocenters. The van der Waals surface area contributed by atoms with Crippen molar-refractivity contribution in [2.75, 3.05) is 31.6 Å². The van der Waals surface area contributed by atoms with Crippen molar-refractivity contribution in [3.05, 3.63) is 47.5 Å². The molecule has 1 amide bonds. The molecule has 0 unspecified atom stereocenters. The first-order valence-electron chi connectivity index (χ1n) is 9.44. The van der Waals surface area contributed by atoms with Gasteiger partial charge in [0.25, 0.3) is 5.91 Å². The molecule has 0 N–H and O–H groups in total. The summed E-state index contributed by atoms with van der Waals surface area (Å²) in [5, 5.41) is 0. The van der Waals surface area contributed by atoms with E-state index < -0.39 is 0 Å². The van der Waals surface area contributed by atoms with Gasteiger partial charge in [0.2, 0.25) is 0 Å². The van der Waals surface area contributed by atoms with E-state index in [0.717, 1.165) is 36.0 Å². The van der Waals surface area contributed by atoms with Crippen LogP contribution in [0.5, 0.6) is 5.75 Å². The van der Waals surface area contributed by atoms with Gasteiger partial charge in [0.15, 0.2) is 0 Å². The SMILES string of the molecule is COc1ccccc1N1CCN(C(=O)c2cnc(C(C)C)nc2C)[C@@H](C)C1. The van der Waals surface area contributed by atoms with Gasteiger partial charge in [-0.1, -0.05) is 26.0 Å². The minimum atomic E-state index is 0.00924. The van der Waals surface area contributed by atoms with Gasteiger partial charge in [-0.15, -0.1) is 0 Å². The van der Waals surface area contributed by atoms with Gasteiger partial charge in [0, 0.05) is 37.8 Å². The highest BCUT2D eigenvalue weighted by atomic mass is 16.5. The maximum atomic E-state index is 13.1. The number of methoxy groups -OCH3 is 1. The predicted octanol–water partition coefficient (Wildman–Crippen LogP) is 3.27. The molecule has 1 aliphatic heterocycles. The van der Waals surface area contributed by atoms with Crippen molar-refractivity contribution in [2.45, 2.75) is 39.7 Å². The van der Waals surface area contributed by atoms with Gasteiger partial charge >= 0.3 is 0 Å². The van der Waals surface area contributed by atoms with Gasteiger partial charge in [-0.3, -0.25) is 4.79 Å². The summed E-state index contributed by atoms with van der Waals surface area (Å²) in [6.07, 6.45) is 1.68. The number of rotatable bonds is 4. The van der Waals surface area contributed by atoms with E-state index in [2.05, 4.69) is 41.7 Å². The van der Waals surface area contributed by atoms with Crippen molar-refractivity contribution in [3.8, 4) is 5.75 Å². The number of amides is 1. The molecule has 0 saturated carbocycles. The van der Waals surface area contributed by atoms with Crippen LogP contribution in [0.15, 0.2) is 30.5 Å². The number of carbonyl (C=O) groups is 1. The van der Waals surface area contributed by atoms with Gasteiger partial charge in [-0.2, -0.15) is 0 Å². The molecule has 1 saturated heterocycles. The number of aryl methyl sites for hydroxylation is 1. The summed E-state index contributed by atoms with van der Waals surface area (Å²) in [6, 6.07) is 8.09. The molecule has 1 aromatic carbocycles. The van der Waals surface area contributed by atoms with E-state index in [1.165, 1.54) is 0 Å². The van der Waals surface area contributed by atoms with Crippen LogP contribution in [-0.2, 0) is 0 Å². The number of hydrogen-bond acceptors (Lipinski definition) is 5. The fourth-order valence-electron chi connectivity index (χ4n) is 3.50. The van der Waals surface area contributed by atoms with Gasteiger partial charge < -0.3 is 14.5 Å². The van der Waals surface area contributed by atoms with Crippen molar-refractivity contribution in [1.82, 2.24) is 14.9 Å². The Morgan fingerprint density at radius 1 is 1.26 bits per heavy atom. The monoisotopic (exact) mass is 368 g/mol. The smallest absolute Gasteiger partial charge is 0.257 e. The van der Waals surface area contributed by atoms with Crippen LogP contribution in [0.2, 0.25) is 0 Å². The molecule has 1 fully saturated rings. The molecule has 2 aromatic rings. The molecule has 144 valence electrons. The van der Waals surface area contributed by atoms with Crippen molar-refractivity contribution >= 4 is 11.6 Å². The lowest BCUT2D eigenvalue weighted by atomic mass is 10.1. The van der Waals surface area contributed by atoms with Gasteiger partial charge in [0.05, 0.1) is 24.1 Å². The Hall–Kier alpha value is -2.63. The van der Waals surface area contributed by atoms with Crippen LogP contribution < -0.4 is 9.64 Å². The van der Waals surface area contributed by atoms with Crippen LogP contribution in [0.25, 0.3) is 0 Å². The average molecular weight is 368 g/mol. The maximum Gasteiger partial charge on any atom is 0.257 e. The summed E-state index contributed by atoms with van der Waals surface area (Å²) >= 11 is 0. The summed E-state index contributed by atoms with van der Waals surface area (Å²) in [5.74, 6) is 1.89. The molecule has 0 radical (unpaired) electrons. The fourth-order valence-corrected chi connectivity index (χ4v) is 3.50. The first kappa shape index (κ1) is 19.1. The largest absolute Gasteiger partial charge is 0.495 e. The van der Waals surface area contributed by atoms with Gasteiger partial charge in [0.1, 0.15) is 11.6 Å². The third-order valence-corrected chi connectivity index (χ3v) is 5.06. The second-order valence-corrected chi connectivity index (χ2v) is 7.35. The number of carbonyl (C=O) groups excluding carboxylic acids is 1. The summed E-state index contributed by atoms with van der Waals surface area (Å²) in [6.45, 7) is 10.2. The molecule has 27 heavy (non-hydrogen) atoms. The minimum Gasteiger partial charge on any atom is -0.495 e. The van der Waals surface area contributed by atoms with Crippen molar-refractivity contribution in [3.63, 3.8) is 0 Å². The molecule has 3 rings (SSSR count). The van der Waals surface area contributed by atoms with E-state index in [1.807, 2.05) is 30.0 Å². The van der Waals surface area contributed by atoms with E-state index in [-0.39, 0.29) is 17.9 Å². The third-order valence-electron chi connectivity index (χ3n) is 5.06. The third kappa shape index (κ3) is 3.89. The number of aromatic nitrogens is 2. The van der Waals surface area contributed by atoms with Crippen LogP contribution in [0, 0.1) is 6.92 Å². The zero-order valence-electron chi connectivity index (χ0n) is 16.8. The number of ether oxygens (including phenoxy) is 1. The molecular formula is C21H28N4O2. The number of piperazine rings is 1. The van der Waals surface area contributed by atoms with Crippen LogP contribution in [0.4, 0.5) is 5.69 Å². The van der Waals surface area contributed by atoms with Crippen LogP contribution in [0.1, 0.15) is 48.6 Å². The first-order chi connectivity index (χ1) is 12.9. The molecule has 1 aliphatic rings. The molecule has 6 nitrogen and oxygen atoms in total. The Kier molecular flexibility index (Phi) is 5.63. The van der Waals surface area contributed by atoms with Crippen LogP contribution in [-0.4, -0.2) is 53.6 Å². The Balaban J connectivity index is 1.76. The fraction of sp³-hybridized carbons (Fsp3) is 0.476. The van der Waals surface area contributed by atoms with E-state index in [9.17, 15) is 4.79 Å².